The quantitative estimate of drug-likeness (QED) is 0.246. The number of oxime groups is 1. The highest BCUT2D eigenvalue weighted by Crippen LogP contribution is 1.97. The Balaban J connectivity index is 4.00. The average molecular weight is 127 g/mol. The van der Waals surface area contributed by atoms with Crippen molar-refractivity contribution in [2.45, 2.75) is 13.8 Å². The van der Waals surface area contributed by atoms with E-state index >= 15 is 0 Å². The van der Waals surface area contributed by atoms with Crippen LogP contribution in [0.4, 0.5) is 0 Å². The van der Waals surface area contributed by atoms with Crippen molar-refractivity contribution in [3.8, 4) is 0 Å². The van der Waals surface area contributed by atoms with Gasteiger partial charge in [0.2, 0.25) is 0 Å². The predicted octanol–water partition coefficient (Wildman–Crippen LogP) is 1.11. The SMILES string of the molecule is C=NOC(=CC)C(C)=O. The van der Waals surface area contributed by atoms with Crippen LogP contribution in [0.3, 0.4) is 0 Å². The van der Waals surface area contributed by atoms with Crippen LogP contribution < -0.4 is 0 Å². The molecule has 50 valence electrons. The van der Waals surface area contributed by atoms with Crippen molar-refractivity contribution in [2.24, 2.45) is 5.16 Å². The first-order valence-electron chi connectivity index (χ1n) is 2.52. The fourth-order valence-electron chi connectivity index (χ4n) is 0.390. The number of carbonyl (C=O) groups excluding carboxylic acids is 1. The molecular formula is C6H9NO2. The van der Waals surface area contributed by atoms with Gasteiger partial charge in [-0.25, -0.2) is 0 Å². The molecule has 9 heavy (non-hydrogen) atoms. The zero-order valence-corrected chi connectivity index (χ0v) is 5.55. The first-order chi connectivity index (χ1) is 4.22. The summed E-state index contributed by atoms with van der Waals surface area (Å²) in [6.45, 7) is 6.17. The maximum atomic E-state index is 10.5. The molecule has 0 aromatic carbocycles. The Morgan fingerprint density at radius 2 is 2.33 bits per heavy atom. The van der Waals surface area contributed by atoms with Gasteiger partial charge in [0.1, 0.15) is 0 Å². The molecule has 0 aliphatic heterocycles. The summed E-state index contributed by atoms with van der Waals surface area (Å²) < 4.78 is 0. The van der Waals surface area contributed by atoms with Crippen molar-refractivity contribution in [1.82, 2.24) is 0 Å². The molecular weight excluding hydrogens is 118 g/mol. The van der Waals surface area contributed by atoms with E-state index in [1.165, 1.54) is 13.0 Å². The van der Waals surface area contributed by atoms with Gasteiger partial charge < -0.3 is 4.84 Å². The summed E-state index contributed by atoms with van der Waals surface area (Å²) in [5.74, 6) is 0.0786. The topological polar surface area (TPSA) is 38.7 Å². The van der Waals surface area contributed by atoms with E-state index in [0.717, 1.165) is 0 Å². The van der Waals surface area contributed by atoms with E-state index in [1.807, 2.05) is 0 Å². The molecule has 0 fully saturated rings. The van der Waals surface area contributed by atoms with Gasteiger partial charge in [-0.2, -0.15) is 0 Å². The van der Waals surface area contributed by atoms with Gasteiger partial charge in [-0.15, -0.1) is 0 Å². The first-order valence-corrected chi connectivity index (χ1v) is 2.52. The van der Waals surface area contributed by atoms with Crippen LogP contribution in [0.2, 0.25) is 0 Å². The summed E-state index contributed by atoms with van der Waals surface area (Å²) in [4.78, 5) is 15.0. The van der Waals surface area contributed by atoms with Gasteiger partial charge in [-0.1, -0.05) is 5.16 Å². The monoisotopic (exact) mass is 127 g/mol. The van der Waals surface area contributed by atoms with Crippen molar-refractivity contribution in [3.63, 3.8) is 0 Å². The summed E-state index contributed by atoms with van der Waals surface area (Å²) in [6.07, 6.45) is 1.54. The number of rotatable bonds is 3. The first kappa shape index (κ1) is 7.88. The smallest absolute Gasteiger partial charge is 0.197 e. The highest BCUT2D eigenvalue weighted by molar-refractivity contribution is 5.91. The van der Waals surface area contributed by atoms with Gasteiger partial charge in [0.25, 0.3) is 0 Å². The fraction of sp³-hybridized carbons (Fsp3) is 0.333. The molecule has 0 spiro atoms. The second-order valence-corrected chi connectivity index (χ2v) is 1.43. The van der Waals surface area contributed by atoms with Crippen LogP contribution in [0.5, 0.6) is 0 Å². The van der Waals surface area contributed by atoms with Crippen molar-refractivity contribution in [1.29, 1.82) is 0 Å². The number of allylic oxidation sites excluding steroid dienone is 2. The normalized spacial score (nSPS) is 10.7. The molecule has 0 aromatic heterocycles. The van der Waals surface area contributed by atoms with Crippen molar-refractivity contribution >= 4 is 12.5 Å². The maximum absolute atomic E-state index is 10.5. The summed E-state index contributed by atoms with van der Waals surface area (Å²) in [5.41, 5.74) is 0. The Hall–Kier alpha value is -1.12. The summed E-state index contributed by atoms with van der Waals surface area (Å²) in [5, 5.41) is 3.09. The summed E-state index contributed by atoms with van der Waals surface area (Å²) in [6, 6.07) is 0. The van der Waals surface area contributed by atoms with Gasteiger partial charge >= 0.3 is 0 Å². The largest absolute Gasteiger partial charge is 0.354 e. The second-order valence-electron chi connectivity index (χ2n) is 1.43. The zero-order chi connectivity index (χ0) is 7.28. The Kier molecular flexibility index (Phi) is 3.35. The highest BCUT2D eigenvalue weighted by atomic mass is 16.6. The highest BCUT2D eigenvalue weighted by Gasteiger charge is 2.00. The molecule has 3 nitrogen and oxygen atoms in total. The van der Waals surface area contributed by atoms with Gasteiger partial charge in [-0.3, -0.25) is 4.79 Å². The molecule has 0 unspecified atom stereocenters. The minimum atomic E-state index is -0.148. The molecule has 0 heterocycles. The Morgan fingerprint density at radius 3 is 2.44 bits per heavy atom. The van der Waals surface area contributed by atoms with Crippen molar-refractivity contribution < 1.29 is 9.63 Å². The van der Waals surface area contributed by atoms with Crippen molar-refractivity contribution in [2.75, 3.05) is 0 Å². The number of carbonyl (C=O) groups is 1. The molecule has 0 aromatic rings. The second kappa shape index (κ2) is 3.83. The van der Waals surface area contributed by atoms with E-state index < -0.39 is 0 Å². The molecule has 0 amide bonds. The molecule has 0 saturated heterocycles. The summed E-state index contributed by atoms with van der Waals surface area (Å²) >= 11 is 0. The van der Waals surface area contributed by atoms with Gasteiger partial charge in [-0.05, 0) is 13.0 Å². The standard InChI is InChI=1S/C6H9NO2/c1-4-6(5(2)8)9-7-3/h4H,3H2,1-2H3. The molecule has 0 rings (SSSR count). The predicted molar refractivity (Wildman–Crippen MR) is 35.1 cm³/mol. The number of Topliss-reactive ketones (excluding diaryl/α,β-unsaturated/α-hetero) is 1. The van der Waals surface area contributed by atoms with Crippen LogP contribution in [0.25, 0.3) is 0 Å². The third-order valence-electron chi connectivity index (χ3n) is 0.772. The lowest BCUT2D eigenvalue weighted by atomic mass is 10.3. The number of nitrogens with zero attached hydrogens (tertiary/aromatic N) is 1. The van der Waals surface area contributed by atoms with Gasteiger partial charge in [0, 0.05) is 13.6 Å². The molecule has 0 N–H and O–H groups in total. The van der Waals surface area contributed by atoms with Crippen LogP contribution in [-0.2, 0) is 9.63 Å². The van der Waals surface area contributed by atoms with E-state index in [-0.39, 0.29) is 11.5 Å². The minimum absolute atomic E-state index is 0.148. The van der Waals surface area contributed by atoms with Crippen LogP contribution in [0.1, 0.15) is 13.8 Å². The molecule has 0 saturated carbocycles. The maximum Gasteiger partial charge on any atom is 0.197 e. The van der Waals surface area contributed by atoms with Crippen LogP contribution in [0, 0.1) is 0 Å². The lowest BCUT2D eigenvalue weighted by molar-refractivity contribution is -0.116. The Labute approximate surface area is 54.0 Å². The van der Waals surface area contributed by atoms with Gasteiger partial charge in [0.15, 0.2) is 11.5 Å². The van der Waals surface area contributed by atoms with E-state index in [4.69, 9.17) is 0 Å². The molecule has 0 bridgehead atoms. The number of hydrogen-bond acceptors (Lipinski definition) is 3. The van der Waals surface area contributed by atoms with Crippen molar-refractivity contribution in [3.05, 3.63) is 11.8 Å². The van der Waals surface area contributed by atoms with E-state index in [2.05, 4.69) is 16.7 Å². The van der Waals surface area contributed by atoms with E-state index in [9.17, 15) is 4.79 Å². The lowest BCUT2D eigenvalue weighted by Gasteiger charge is -1.95. The Morgan fingerprint density at radius 1 is 1.78 bits per heavy atom. The van der Waals surface area contributed by atoms with E-state index in [1.54, 1.807) is 6.92 Å². The average Bonchev–Trinajstić information content (AvgIpc) is 1.82. The minimum Gasteiger partial charge on any atom is -0.354 e. The zero-order valence-electron chi connectivity index (χ0n) is 5.55. The van der Waals surface area contributed by atoms with Crippen LogP contribution in [-0.4, -0.2) is 12.5 Å². The third-order valence-corrected chi connectivity index (χ3v) is 0.772. The molecule has 0 aliphatic rings. The third kappa shape index (κ3) is 2.64. The van der Waals surface area contributed by atoms with E-state index in [0.29, 0.717) is 0 Å². The molecule has 0 atom stereocenters. The number of hydrogen-bond donors (Lipinski definition) is 0. The molecule has 0 radical (unpaired) electrons. The Bertz CT molecular complexity index is 149. The summed E-state index contributed by atoms with van der Waals surface area (Å²) in [7, 11) is 0. The number of ketones is 1. The van der Waals surface area contributed by atoms with Crippen LogP contribution in [0.15, 0.2) is 17.0 Å². The molecule has 3 heteroatoms. The van der Waals surface area contributed by atoms with Crippen LogP contribution >= 0.6 is 0 Å². The van der Waals surface area contributed by atoms with Gasteiger partial charge in [0.05, 0.1) is 0 Å². The molecule has 0 aliphatic carbocycles. The lowest BCUT2D eigenvalue weighted by Crippen LogP contribution is -1.96. The fourth-order valence-corrected chi connectivity index (χ4v) is 0.390.